The van der Waals surface area contributed by atoms with E-state index in [4.69, 9.17) is 9.84 Å². The van der Waals surface area contributed by atoms with E-state index in [-0.39, 0.29) is 24.5 Å². The van der Waals surface area contributed by atoms with Gasteiger partial charge in [0.1, 0.15) is 18.9 Å². The van der Waals surface area contributed by atoms with E-state index in [1.807, 2.05) is 12.1 Å². The number of carboxylic acid groups (broad SMARTS) is 1. The van der Waals surface area contributed by atoms with Crippen molar-refractivity contribution >= 4 is 5.97 Å². The minimum Gasteiger partial charge on any atom is -0.489 e. The molecule has 1 N–H and O–H groups in total. The number of carbonyl (C=O) groups is 1. The normalized spacial score (nSPS) is 11.4. The Morgan fingerprint density at radius 1 is 0.939 bits per heavy atom. The lowest BCUT2D eigenvalue weighted by molar-refractivity contribution is -0.138. The van der Waals surface area contributed by atoms with E-state index in [0.29, 0.717) is 5.56 Å². The number of aromatic nitrogens is 2. The van der Waals surface area contributed by atoms with Crippen molar-refractivity contribution in [2.75, 3.05) is 0 Å². The maximum absolute atomic E-state index is 13.7. The monoisotopic (exact) mass is 452 g/mol. The third-order valence-electron chi connectivity index (χ3n) is 5.00. The molecule has 0 spiro atoms. The van der Waals surface area contributed by atoms with Gasteiger partial charge in [0.25, 0.3) is 0 Å². The maximum Gasteiger partial charge on any atom is 0.417 e. The van der Waals surface area contributed by atoms with E-state index in [2.05, 4.69) is 5.10 Å². The molecule has 0 saturated heterocycles. The molecule has 0 aliphatic carbocycles. The highest BCUT2D eigenvalue weighted by Gasteiger charge is 2.34. The molecule has 0 bridgehead atoms. The van der Waals surface area contributed by atoms with Gasteiger partial charge in [-0.05, 0) is 34.4 Å². The molecule has 4 rings (SSSR count). The van der Waals surface area contributed by atoms with Crippen molar-refractivity contribution in [3.8, 4) is 28.0 Å². The zero-order valence-electron chi connectivity index (χ0n) is 17.3. The Hall–Kier alpha value is -4.07. The molecule has 168 valence electrons. The summed E-state index contributed by atoms with van der Waals surface area (Å²) in [5, 5.41) is 12.8. The van der Waals surface area contributed by atoms with Crippen molar-refractivity contribution in [3.63, 3.8) is 0 Å². The van der Waals surface area contributed by atoms with E-state index in [0.717, 1.165) is 22.8 Å². The predicted molar refractivity (Wildman–Crippen MR) is 117 cm³/mol. The first kappa shape index (κ1) is 22.1. The number of rotatable bonds is 7. The molecule has 0 radical (unpaired) electrons. The SMILES string of the molecule is O=C(O)Cn1cc(-c2ccc(COc3ccc(-c4ccccc4)c(C(F)(F)F)c3)cc2)cn1. The molecule has 1 aromatic heterocycles. The van der Waals surface area contributed by atoms with Crippen LogP contribution in [0.4, 0.5) is 13.2 Å². The fourth-order valence-electron chi connectivity index (χ4n) is 3.41. The molecule has 0 atom stereocenters. The summed E-state index contributed by atoms with van der Waals surface area (Å²) in [6.07, 6.45) is -1.31. The number of benzene rings is 3. The number of alkyl halides is 3. The van der Waals surface area contributed by atoms with Crippen LogP contribution in [0.25, 0.3) is 22.3 Å². The minimum atomic E-state index is -4.52. The van der Waals surface area contributed by atoms with Gasteiger partial charge in [-0.15, -0.1) is 0 Å². The van der Waals surface area contributed by atoms with Crippen LogP contribution in [0, 0.1) is 0 Å². The summed E-state index contributed by atoms with van der Waals surface area (Å²) in [4.78, 5) is 10.8. The van der Waals surface area contributed by atoms with Crippen LogP contribution in [0.5, 0.6) is 5.75 Å². The molecule has 3 aromatic carbocycles. The number of aliphatic carboxylic acids is 1. The molecule has 0 amide bonds. The van der Waals surface area contributed by atoms with Crippen molar-refractivity contribution < 1.29 is 27.8 Å². The maximum atomic E-state index is 13.7. The lowest BCUT2D eigenvalue weighted by Crippen LogP contribution is -2.08. The third-order valence-corrected chi connectivity index (χ3v) is 5.00. The van der Waals surface area contributed by atoms with Crippen LogP contribution in [0.3, 0.4) is 0 Å². The van der Waals surface area contributed by atoms with E-state index in [9.17, 15) is 18.0 Å². The smallest absolute Gasteiger partial charge is 0.417 e. The zero-order chi connectivity index (χ0) is 23.4. The van der Waals surface area contributed by atoms with Gasteiger partial charge >= 0.3 is 12.1 Å². The standard InChI is InChI=1S/C25H19F3N2O3/c26-25(27,28)23-12-21(10-11-22(23)19-4-2-1-3-5-19)33-16-17-6-8-18(9-7-17)20-13-29-30(14-20)15-24(31)32/h1-14H,15-16H2,(H,31,32). The van der Waals surface area contributed by atoms with E-state index >= 15 is 0 Å². The molecule has 0 fully saturated rings. The van der Waals surface area contributed by atoms with E-state index in [1.165, 1.54) is 16.8 Å². The van der Waals surface area contributed by atoms with E-state index in [1.54, 1.807) is 54.9 Å². The average molecular weight is 452 g/mol. The summed E-state index contributed by atoms with van der Waals surface area (Å²) >= 11 is 0. The molecule has 5 nitrogen and oxygen atoms in total. The molecule has 0 unspecified atom stereocenters. The predicted octanol–water partition coefficient (Wildman–Crippen LogP) is 5.90. The fourth-order valence-corrected chi connectivity index (χ4v) is 3.41. The molecular formula is C25H19F3N2O3. The van der Waals surface area contributed by atoms with Crippen molar-refractivity contribution in [3.05, 3.63) is 96.3 Å². The van der Waals surface area contributed by atoms with Crippen LogP contribution >= 0.6 is 0 Å². The number of ether oxygens (including phenoxy) is 1. The van der Waals surface area contributed by atoms with Crippen molar-refractivity contribution in [1.82, 2.24) is 9.78 Å². The molecule has 0 saturated carbocycles. The quantitative estimate of drug-likeness (QED) is 0.379. The number of nitrogens with zero attached hydrogens (tertiary/aromatic N) is 2. The summed E-state index contributed by atoms with van der Waals surface area (Å²) in [6.45, 7) is -0.130. The average Bonchev–Trinajstić information content (AvgIpc) is 3.25. The number of hydrogen-bond donors (Lipinski definition) is 1. The first-order valence-electron chi connectivity index (χ1n) is 10.0. The number of hydrogen-bond acceptors (Lipinski definition) is 3. The van der Waals surface area contributed by atoms with Crippen LogP contribution in [-0.4, -0.2) is 20.9 Å². The first-order valence-corrected chi connectivity index (χ1v) is 10.0. The topological polar surface area (TPSA) is 64.3 Å². The summed E-state index contributed by atoms with van der Waals surface area (Å²) in [7, 11) is 0. The largest absolute Gasteiger partial charge is 0.489 e. The molecule has 0 aliphatic heterocycles. The number of carboxylic acids is 1. The Morgan fingerprint density at radius 3 is 2.33 bits per heavy atom. The summed E-state index contributed by atoms with van der Waals surface area (Å²) in [5.74, 6) is -0.858. The molecule has 33 heavy (non-hydrogen) atoms. The lowest BCUT2D eigenvalue weighted by Gasteiger charge is -2.15. The summed E-state index contributed by atoms with van der Waals surface area (Å²) in [6, 6.07) is 19.6. The lowest BCUT2D eigenvalue weighted by atomic mass is 9.99. The van der Waals surface area contributed by atoms with Crippen LogP contribution in [0.1, 0.15) is 11.1 Å². The molecule has 1 heterocycles. The van der Waals surface area contributed by atoms with Gasteiger partial charge in [0.15, 0.2) is 0 Å². The molecular weight excluding hydrogens is 433 g/mol. The summed E-state index contributed by atoms with van der Waals surface area (Å²) < 4.78 is 47.9. The zero-order valence-corrected chi connectivity index (χ0v) is 17.3. The highest BCUT2D eigenvalue weighted by molar-refractivity contribution is 5.69. The minimum absolute atomic E-state index is 0.0978. The molecule has 8 heteroatoms. The van der Waals surface area contributed by atoms with Crippen molar-refractivity contribution in [1.29, 1.82) is 0 Å². The van der Waals surface area contributed by atoms with Crippen LogP contribution < -0.4 is 4.74 Å². The second kappa shape index (κ2) is 9.20. The van der Waals surface area contributed by atoms with Crippen molar-refractivity contribution in [2.45, 2.75) is 19.3 Å². The van der Waals surface area contributed by atoms with Crippen molar-refractivity contribution in [2.24, 2.45) is 0 Å². The highest BCUT2D eigenvalue weighted by atomic mass is 19.4. The summed E-state index contributed by atoms with van der Waals surface area (Å²) in [5.41, 5.74) is 2.20. The van der Waals surface area contributed by atoms with Gasteiger partial charge in [0.05, 0.1) is 11.8 Å². The van der Waals surface area contributed by atoms with Gasteiger partial charge < -0.3 is 9.84 Å². The third kappa shape index (κ3) is 5.41. The fraction of sp³-hybridized carbons (Fsp3) is 0.120. The van der Waals surface area contributed by atoms with Gasteiger partial charge in [0, 0.05) is 11.8 Å². The van der Waals surface area contributed by atoms with Gasteiger partial charge in [-0.1, -0.05) is 60.7 Å². The van der Waals surface area contributed by atoms with Crippen LogP contribution in [-0.2, 0) is 24.1 Å². The Labute approximate surface area is 187 Å². The van der Waals surface area contributed by atoms with Gasteiger partial charge in [0.2, 0.25) is 0 Å². The Morgan fingerprint density at radius 2 is 1.67 bits per heavy atom. The van der Waals surface area contributed by atoms with Gasteiger partial charge in [-0.25, -0.2) is 0 Å². The van der Waals surface area contributed by atoms with Gasteiger partial charge in [-0.2, -0.15) is 18.3 Å². The van der Waals surface area contributed by atoms with Crippen LogP contribution in [0.2, 0.25) is 0 Å². The highest BCUT2D eigenvalue weighted by Crippen LogP contribution is 2.39. The number of halogens is 3. The molecule has 0 aliphatic rings. The Kier molecular flexibility index (Phi) is 6.17. The van der Waals surface area contributed by atoms with E-state index < -0.39 is 17.7 Å². The second-order valence-corrected chi connectivity index (χ2v) is 7.38. The molecule has 4 aromatic rings. The Bertz CT molecular complexity index is 1250. The first-order chi connectivity index (χ1) is 15.8. The second-order valence-electron chi connectivity index (χ2n) is 7.38. The van der Waals surface area contributed by atoms with Gasteiger partial charge in [-0.3, -0.25) is 9.48 Å². The Balaban J connectivity index is 1.48. The van der Waals surface area contributed by atoms with Crippen LogP contribution in [0.15, 0.2) is 85.2 Å².